The van der Waals surface area contributed by atoms with Crippen molar-refractivity contribution in [2.24, 2.45) is 7.05 Å². The number of hydrogen-bond donors (Lipinski definition) is 2. The first kappa shape index (κ1) is 21.8. The molecule has 3 heterocycles. The van der Waals surface area contributed by atoms with Gasteiger partial charge in [-0.15, -0.1) is 0 Å². The van der Waals surface area contributed by atoms with E-state index in [0.29, 0.717) is 10.9 Å². The van der Waals surface area contributed by atoms with Crippen LogP contribution in [0.4, 0.5) is 14.6 Å². The van der Waals surface area contributed by atoms with Crippen molar-refractivity contribution in [2.45, 2.75) is 13.0 Å². The van der Waals surface area contributed by atoms with Crippen LogP contribution >= 0.6 is 0 Å². The molecule has 1 aliphatic rings. The van der Waals surface area contributed by atoms with E-state index >= 15 is 8.78 Å². The Labute approximate surface area is 201 Å². The lowest BCUT2D eigenvalue weighted by molar-refractivity contribution is -0.113. The van der Waals surface area contributed by atoms with Gasteiger partial charge in [-0.2, -0.15) is 5.10 Å². The van der Waals surface area contributed by atoms with Crippen LogP contribution in [0.2, 0.25) is 0 Å². The number of ketones is 1. The van der Waals surface area contributed by atoms with Crippen molar-refractivity contribution in [3.8, 4) is 0 Å². The highest BCUT2D eigenvalue weighted by Gasteiger charge is 2.31. The van der Waals surface area contributed by atoms with Gasteiger partial charge >= 0.3 is 5.97 Å². The second-order valence-electron chi connectivity index (χ2n) is 8.64. The van der Waals surface area contributed by atoms with E-state index in [4.69, 9.17) is 10.2 Å². The first-order chi connectivity index (χ1) is 17.3. The van der Waals surface area contributed by atoms with Gasteiger partial charge in [-0.05, 0) is 18.2 Å². The zero-order valence-electron chi connectivity index (χ0n) is 18.9. The summed E-state index contributed by atoms with van der Waals surface area (Å²) in [6, 6.07) is 5.38. The average molecular weight is 488 g/mol. The van der Waals surface area contributed by atoms with Gasteiger partial charge in [0, 0.05) is 41.6 Å². The Kier molecular flexibility index (Phi) is 4.62. The van der Waals surface area contributed by atoms with Gasteiger partial charge in [0.05, 0.1) is 34.6 Å². The van der Waals surface area contributed by atoms with E-state index in [9.17, 15) is 14.7 Å². The number of nitrogens with two attached hydrogens (primary N) is 1. The van der Waals surface area contributed by atoms with Crippen molar-refractivity contribution >= 4 is 55.9 Å². The van der Waals surface area contributed by atoms with Crippen molar-refractivity contribution in [3.63, 3.8) is 0 Å². The molecule has 0 fully saturated rings. The normalized spacial score (nSPS) is 13.9. The van der Waals surface area contributed by atoms with Crippen molar-refractivity contribution in [2.75, 3.05) is 5.73 Å². The number of Topliss-reactive ketones (excluding diaryl/α,β-unsaturated/α-hetero) is 1. The summed E-state index contributed by atoms with van der Waals surface area (Å²) in [5, 5.41) is 15.3. The van der Waals surface area contributed by atoms with Gasteiger partial charge < -0.3 is 19.8 Å². The predicted molar refractivity (Wildman–Crippen MR) is 130 cm³/mol. The summed E-state index contributed by atoms with van der Waals surface area (Å²) in [4.78, 5) is 25.5. The molecule has 0 atom stereocenters. The molecule has 0 spiro atoms. The number of nitrogen functional groups attached to an aromatic ring is 1. The Morgan fingerprint density at radius 1 is 1.19 bits per heavy atom. The number of hydrogen-bond acceptors (Lipinski definition) is 5. The summed E-state index contributed by atoms with van der Waals surface area (Å²) < 4.78 is 38.6. The maximum absolute atomic E-state index is 15.2. The van der Waals surface area contributed by atoms with Gasteiger partial charge in [0.15, 0.2) is 11.6 Å². The molecule has 0 saturated carbocycles. The van der Waals surface area contributed by atoms with E-state index < -0.39 is 17.6 Å². The van der Waals surface area contributed by atoms with E-state index in [1.165, 1.54) is 45.9 Å². The molecule has 3 aromatic heterocycles. The summed E-state index contributed by atoms with van der Waals surface area (Å²) >= 11 is 0. The molecular weight excluding hydrogens is 470 g/mol. The fourth-order valence-corrected chi connectivity index (χ4v) is 4.96. The smallest absolute Gasteiger partial charge is 0.353 e. The first-order valence-electron chi connectivity index (χ1n) is 11.0. The van der Waals surface area contributed by atoms with Gasteiger partial charge in [0.1, 0.15) is 22.9 Å². The SMILES string of the molecule is Cn1nc(N)c2cc(Cn3c(C(=O)O)c(C4=CC=CCC4=O)c4c5occc5c(F)cc43)c(F)cc21. The largest absolute Gasteiger partial charge is 0.477 e. The summed E-state index contributed by atoms with van der Waals surface area (Å²) in [5.74, 6) is -2.70. The lowest BCUT2D eigenvalue weighted by Gasteiger charge is -2.12. The number of rotatable bonds is 4. The lowest BCUT2D eigenvalue weighted by Crippen LogP contribution is -2.14. The summed E-state index contributed by atoms with van der Waals surface area (Å²) in [6.07, 6.45) is 6.23. The van der Waals surface area contributed by atoms with E-state index in [0.717, 1.165) is 0 Å². The highest BCUT2D eigenvalue weighted by Crippen LogP contribution is 2.40. The number of allylic oxidation sites excluding steroid dienone is 4. The van der Waals surface area contributed by atoms with Crippen LogP contribution in [0.25, 0.3) is 38.3 Å². The highest BCUT2D eigenvalue weighted by molar-refractivity contribution is 6.29. The predicted octanol–water partition coefficient (Wildman–Crippen LogP) is 4.79. The third-order valence-corrected chi connectivity index (χ3v) is 6.57. The van der Waals surface area contributed by atoms with E-state index in [2.05, 4.69) is 5.10 Å². The Morgan fingerprint density at radius 3 is 2.72 bits per heavy atom. The van der Waals surface area contributed by atoms with Crippen LogP contribution in [0.5, 0.6) is 0 Å². The lowest BCUT2D eigenvalue weighted by atomic mass is 9.93. The first-order valence-corrected chi connectivity index (χ1v) is 11.0. The molecular formula is C26H18F2N4O4. The zero-order valence-corrected chi connectivity index (χ0v) is 18.9. The molecule has 0 radical (unpaired) electrons. The average Bonchev–Trinajstić information content (AvgIpc) is 3.51. The molecule has 0 amide bonds. The van der Waals surface area contributed by atoms with Crippen LogP contribution < -0.4 is 5.73 Å². The van der Waals surface area contributed by atoms with E-state index in [1.54, 1.807) is 19.2 Å². The quantitative estimate of drug-likeness (QED) is 0.376. The Bertz CT molecular complexity index is 1840. The van der Waals surface area contributed by atoms with Gasteiger partial charge in [-0.3, -0.25) is 9.48 Å². The van der Waals surface area contributed by atoms with Crippen LogP contribution in [-0.2, 0) is 18.4 Å². The number of carbonyl (C=O) groups excluding carboxylic acids is 1. The minimum atomic E-state index is -1.35. The molecule has 0 saturated heterocycles. The van der Waals surface area contributed by atoms with Gasteiger partial charge in [0.2, 0.25) is 0 Å². The maximum atomic E-state index is 15.2. The molecule has 3 N–H and O–H groups in total. The topological polar surface area (TPSA) is 116 Å². The molecule has 6 rings (SSSR count). The number of halogens is 2. The number of benzene rings is 2. The number of nitrogens with zero attached hydrogens (tertiary/aromatic N) is 3. The Hall–Kier alpha value is -4.73. The van der Waals surface area contributed by atoms with Crippen LogP contribution in [0.3, 0.4) is 0 Å². The molecule has 0 aliphatic heterocycles. The molecule has 0 unspecified atom stereocenters. The van der Waals surface area contributed by atoms with Crippen LogP contribution in [-0.4, -0.2) is 31.2 Å². The number of carbonyl (C=O) groups is 2. The maximum Gasteiger partial charge on any atom is 0.353 e. The fourth-order valence-electron chi connectivity index (χ4n) is 4.96. The summed E-state index contributed by atoms with van der Waals surface area (Å²) in [7, 11) is 1.63. The minimum absolute atomic E-state index is 0.0889. The number of aromatic nitrogens is 3. The minimum Gasteiger partial charge on any atom is -0.477 e. The van der Waals surface area contributed by atoms with Crippen molar-refractivity contribution in [1.82, 2.24) is 14.3 Å². The van der Waals surface area contributed by atoms with Crippen molar-refractivity contribution in [3.05, 3.63) is 77.2 Å². The standard InChI is InChI=1S/C26H18F2N4O4/c1-31-18-9-16(27)12(8-15(18)25(29)30-31)11-32-19-10-17(28)13-6-7-36-24(13)22(19)21(23(32)26(34)35)14-4-2-3-5-20(14)33/h2-4,6-10H,5,11H2,1H3,(H2,29,30)(H,34,35). The number of carboxylic acid groups (broad SMARTS) is 1. The molecule has 180 valence electrons. The third kappa shape index (κ3) is 3.00. The molecule has 10 heteroatoms. The van der Waals surface area contributed by atoms with Crippen LogP contribution in [0.1, 0.15) is 28.0 Å². The van der Waals surface area contributed by atoms with Gasteiger partial charge in [-0.1, -0.05) is 18.2 Å². The Morgan fingerprint density at radius 2 is 1.97 bits per heavy atom. The second-order valence-corrected chi connectivity index (χ2v) is 8.64. The monoisotopic (exact) mass is 488 g/mol. The zero-order chi connectivity index (χ0) is 25.3. The molecule has 0 bridgehead atoms. The van der Waals surface area contributed by atoms with Crippen molar-refractivity contribution < 1.29 is 27.9 Å². The number of carboxylic acids is 1. The number of anilines is 1. The third-order valence-electron chi connectivity index (χ3n) is 6.57. The van der Waals surface area contributed by atoms with Gasteiger partial charge in [0.25, 0.3) is 0 Å². The number of fused-ring (bicyclic) bond motifs is 4. The summed E-state index contributed by atoms with van der Waals surface area (Å²) in [6.45, 7) is -0.267. The molecule has 8 nitrogen and oxygen atoms in total. The summed E-state index contributed by atoms with van der Waals surface area (Å²) in [5.41, 5.74) is 6.83. The Balaban J connectivity index is 1.71. The molecule has 5 aromatic rings. The second kappa shape index (κ2) is 7.64. The van der Waals surface area contributed by atoms with E-state index in [1.807, 2.05) is 0 Å². The van der Waals surface area contributed by atoms with Crippen molar-refractivity contribution in [1.29, 1.82) is 0 Å². The number of aryl methyl sites for hydroxylation is 1. The number of furan rings is 1. The molecule has 36 heavy (non-hydrogen) atoms. The highest BCUT2D eigenvalue weighted by atomic mass is 19.1. The van der Waals surface area contributed by atoms with Gasteiger partial charge in [-0.25, -0.2) is 13.6 Å². The molecule has 1 aliphatic carbocycles. The van der Waals surface area contributed by atoms with Crippen LogP contribution in [0.15, 0.2) is 53.2 Å². The van der Waals surface area contributed by atoms with E-state index in [-0.39, 0.29) is 68.8 Å². The fraction of sp³-hybridized carbons (Fsp3) is 0.115. The van der Waals surface area contributed by atoms with Crippen LogP contribution in [0, 0.1) is 11.6 Å². The number of aromatic carboxylic acids is 1. The molecule has 2 aromatic carbocycles.